The normalized spacial score (nSPS) is 10.8. The van der Waals surface area contributed by atoms with Gasteiger partial charge >= 0.3 is 0 Å². The van der Waals surface area contributed by atoms with E-state index >= 15 is 0 Å². The first-order chi connectivity index (χ1) is 12.1. The standard InChI is InChI=1S/C20H28N4O.HI/c1-15-5-6-17(13-19(15)25-4)7-11-23-20(21-3)24-12-9-18-8-10-22-14-16(18)2;/h5-6,8,10,13-14H,7,9,11-12H2,1-4H3,(H2,21,23,24);1H. The van der Waals surface area contributed by atoms with Crippen molar-refractivity contribution in [2.75, 3.05) is 27.2 Å². The number of rotatable bonds is 7. The van der Waals surface area contributed by atoms with Gasteiger partial charge in [-0.2, -0.15) is 0 Å². The summed E-state index contributed by atoms with van der Waals surface area (Å²) in [5.41, 5.74) is 4.94. The summed E-state index contributed by atoms with van der Waals surface area (Å²) in [6, 6.07) is 8.40. The fourth-order valence-corrected chi connectivity index (χ4v) is 2.66. The molecule has 2 aromatic rings. The molecule has 1 heterocycles. The Kier molecular flexibility index (Phi) is 10.0. The third kappa shape index (κ3) is 6.82. The molecule has 0 atom stereocenters. The molecule has 0 fully saturated rings. The minimum absolute atomic E-state index is 0. The first-order valence-corrected chi connectivity index (χ1v) is 8.61. The second-order valence-corrected chi connectivity index (χ2v) is 6.03. The van der Waals surface area contributed by atoms with Crippen LogP contribution in [0.15, 0.2) is 41.7 Å². The van der Waals surface area contributed by atoms with E-state index in [-0.39, 0.29) is 24.0 Å². The molecule has 2 rings (SSSR count). The van der Waals surface area contributed by atoms with Crippen LogP contribution in [0.4, 0.5) is 0 Å². The summed E-state index contributed by atoms with van der Waals surface area (Å²) in [4.78, 5) is 8.40. The minimum Gasteiger partial charge on any atom is -0.496 e. The van der Waals surface area contributed by atoms with E-state index in [1.54, 1.807) is 14.2 Å². The smallest absolute Gasteiger partial charge is 0.190 e. The molecule has 0 aliphatic heterocycles. The van der Waals surface area contributed by atoms with Crippen molar-refractivity contribution < 1.29 is 4.74 Å². The summed E-state index contributed by atoms with van der Waals surface area (Å²) in [6.07, 6.45) is 5.61. The van der Waals surface area contributed by atoms with Crippen LogP contribution in [0.2, 0.25) is 0 Å². The SMILES string of the molecule is CN=C(NCCc1ccc(C)c(OC)c1)NCCc1ccncc1C.I. The van der Waals surface area contributed by atoms with Crippen molar-refractivity contribution in [3.05, 3.63) is 58.9 Å². The molecule has 0 amide bonds. The monoisotopic (exact) mass is 468 g/mol. The zero-order valence-corrected chi connectivity index (χ0v) is 18.3. The maximum absolute atomic E-state index is 5.38. The van der Waals surface area contributed by atoms with E-state index in [1.165, 1.54) is 16.7 Å². The van der Waals surface area contributed by atoms with E-state index in [9.17, 15) is 0 Å². The third-order valence-corrected chi connectivity index (χ3v) is 4.23. The number of pyridine rings is 1. The Morgan fingerprint density at radius 2 is 1.81 bits per heavy atom. The lowest BCUT2D eigenvalue weighted by Gasteiger charge is -2.13. The van der Waals surface area contributed by atoms with Gasteiger partial charge in [-0.05, 0) is 61.1 Å². The number of aromatic nitrogens is 1. The minimum atomic E-state index is 0. The summed E-state index contributed by atoms with van der Waals surface area (Å²) in [6.45, 7) is 5.80. The van der Waals surface area contributed by atoms with Gasteiger partial charge in [0.1, 0.15) is 5.75 Å². The molecular weight excluding hydrogens is 439 g/mol. The number of hydrogen-bond acceptors (Lipinski definition) is 3. The molecule has 1 aromatic heterocycles. The molecule has 0 bridgehead atoms. The number of halogens is 1. The molecule has 2 N–H and O–H groups in total. The Labute approximate surface area is 173 Å². The molecule has 5 nitrogen and oxygen atoms in total. The number of ether oxygens (including phenoxy) is 1. The topological polar surface area (TPSA) is 58.5 Å². The van der Waals surface area contributed by atoms with Crippen molar-refractivity contribution >= 4 is 29.9 Å². The highest BCUT2D eigenvalue weighted by Crippen LogP contribution is 2.18. The number of nitrogens with one attached hydrogen (secondary N) is 2. The Balaban J connectivity index is 0.00000338. The third-order valence-electron chi connectivity index (χ3n) is 4.23. The average Bonchev–Trinajstić information content (AvgIpc) is 2.63. The molecule has 6 heteroatoms. The first kappa shape index (κ1) is 22.2. The fourth-order valence-electron chi connectivity index (χ4n) is 2.66. The largest absolute Gasteiger partial charge is 0.496 e. The molecule has 0 aliphatic carbocycles. The summed E-state index contributed by atoms with van der Waals surface area (Å²) in [7, 11) is 3.50. The van der Waals surface area contributed by atoms with Crippen molar-refractivity contribution in [1.29, 1.82) is 0 Å². The highest BCUT2D eigenvalue weighted by atomic mass is 127. The Bertz CT molecular complexity index is 719. The van der Waals surface area contributed by atoms with Gasteiger partial charge in [0, 0.05) is 32.5 Å². The predicted molar refractivity (Wildman–Crippen MR) is 119 cm³/mol. The van der Waals surface area contributed by atoms with Gasteiger partial charge in [0.25, 0.3) is 0 Å². The molecule has 26 heavy (non-hydrogen) atoms. The molecule has 142 valence electrons. The molecule has 0 radical (unpaired) electrons. The summed E-state index contributed by atoms with van der Waals surface area (Å²) in [5, 5.41) is 6.71. The predicted octanol–water partition coefficient (Wildman–Crippen LogP) is 3.28. The maximum atomic E-state index is 5.38. The van der Waals surface area contributed by atoms with Gasteiger partial charge in [-0.15, -0.1) is 24.0 Å². The van der Waals surface area contributed by atoms with Crippen molar-refractivity contribution in [2.24, 2.45) is 4.99 Å². The molecule has 0 spiro atoms. The van der Waals surface area contributed by atoms with Crippen LogP contribution >= 0.6 is 24.0 Å². The van der Waals surface area contributed by atoms with E-state index in [0.717, 1.165) is 43.2 Å². The van der Waals surface area contributed by atoms with Crippen LogP contribution in [0.3, 0.4) is 0 Å². The van der Waals surface area contributed by atoms with Gasteiger partial charge in [0.05, 0.1) is 7.11 Å². The number of hydrogen-bond donors (Lipinski definition) is 2. The molecular formula is C20H29IN4O. The number of benzene rings is 1. The van der Waals surface area contributed by atoms with E-state index in [0.29, 0.717) is 0 Å². The van der Waals surface area contributed by atoms with E-state index in [2.05, 4.69) is 58.7 Å². The van der Waals surface area contributed by atoms with Gasteiger partial charge in [0.15, 0.2) is 5.96 Å². The molecule has 1 aromatic carbocycles. The average molecular weight is 468 g/mol. The molecule has 0 saturated heterocycles. The van der Waals surface area contributed by atoms with Crippen LogP contribution in [-0.2, 0) is 12.8 Å². The van der Waals surface area contributed by atoms with Crippen LogP contribution in [0.5, 0.6) is 5.75 Å². The van der Waals surface area contributed by atoms with Crippen molar-refractivity contribution in [3.8, 4) is 5.75 Å². The lowest BCUT2D eigenvalue weighted by Crippen LogP contribution is -2.39. The van der Waals surface area contributed by atoms with Crippen molar-refractivity contribution in [2.45, 2.75) is 26.7 Å². The zero-order chi connectivity index (χ0) is 18.1. The Hall–Kier alpha value is -1.83. The van der Waals surface area contributed by atoms with Crippen LogP contribution in [0, 0.1) is 13.8 Å². The van der Waals surface area contributed by atoms with E-state index in [1.807, 2.05) is 12.4 Å². The van der Waals surface area contributed by atoms with Gasteiger partial charge in [0.2, 0.25) is 0 Å². The van der Waals surface area contributed by atoms with Gasteiger partial charge in [-0.25, -0.2) is 0 Å². The van der Waals surface area contributed by atoms with Crippen molar-refractivity contribution in [3.63, 3.8) is 0 Å². The Morgan fingerprint density at radius 3 is 2.46 bits per heavy atom. The molecule has 0 unspecified atom stereocenters. The summed E-state index contributed by atoms with van der Waals surface area (Å²) in [5.74, 6) is 1.76. The quantitative estimate of drug-likeness (QED) is 0.372. The molecule has 0 aliphatic rings. The zero-order valence-electron chi connectivity index (χ0n) is 16.0. The fraction of sp³-hybridized carbons (Fsp3) is 0.400. The second-order valence-electron chi connectivity index (χ2n) is 6.03. The maximum Gasteiger partial charge on any atom is 0.190 e. The second kappa shape index (κ2) is 11.7. The first-order valence-electron chi connectivity index (χ1n) is 8.61. The highest BCUT2D eigenvalue weighted by Gasteiger charge is 2.02. The number of nitrogens with zero attached hydrogens (tertiary/aromatic N) is 2. The van der Waals surface area contributed by atoms with Crippen LogP contribution in [0.1, 0.15) is 22.3 Å². The number of aryl methyl sites for hydroxylation is 2. The number of aliphatic imine (C=N–C) groups is 1. The van der Waals surface area contributed by atoms with Gasteiger partial charge in [-0.3, -0.25) is 9.98 Å². The number of methoxy groups -OCH3 is 1. The van der Waals surface area contributed by atoms with Gasteiger partial charge < -0.3 is 15.4 Å². The lowest BCUT2D eigenvalue weighted by atomic mass is 10.1. The Morgan fingerprint density at radius 1 is 1.08 bits per heavy atom. The van der Waals surface area contributed by atoms with Crippen LogP contribution in [0.25, 0.3) is 0 Å². The summed E-state index contributed by atoms with van der Waals surface area (Å²) < 4.78 is 5.38. The van der Waals surface area contributed by atoms with E-state index < -0.39 is 0 Å². The lowest BCUT2D eigenvalue weighted by molar-refractivity contribution is 0.411. The van der Waals surface area contributed by atoms with Crippen molar-refractivity contribution in [1.82, 2.24) is 15.6 Å². The summed E-state index contributed by atoms with van der Waals surface area (Å²) >= 11 is 0. The molecule has 0 saturated carbocycles. The van der Waals surface area contributed by atoms with Crippen LogP contribution in [-0.4, -0.2) is 38.2 Å². The highest BCUT2D eigenvalue weighted by molar-refractivity contribution is 14.0. The van der Waals surface area contributed by atoms with Crippen LogP contribution < -0.4 is 15.4 Å². The van der Waals surface area contributed by atoms with E-state index in [4.69, 9.17) is 4.74 Å². The van der Waals surface area contributed by atoms with Gasteiger partial charge in [-0.1, -0.05) is 12.1 Å². The number of guanidine groups is 1.